The largest absolute Gasteiger partial charge is 0.497 e. The van der Waals surface area contributed by atoms with Crippen LogP contribution in [-0.4, -0.2) is 50.8 Å². The van der Waals surface area contributed by atoms with Crippen molar-refractivity contribution in [1.82, 2.24) is 9.62 Å². The number of aryl methyl sites for hydroxylation is 1. The van der Waals surface area contributed by atoms with E-state index in [9.17, 15) is 22.4 Å². The Bertz CT molecular complexity index is 1120. The minimum atomic E-state index is -3.80. The van der Waals surface area contributed by atoms with E-state index in [-0.39, 0.29) is 23.0 Å². The molecule has 10 heteroatoms. The number of hydrogen-bond donors (Lipinski definition) is 2. The van der Waals surface area contributed by atoms with Gasteiger partial charge in [-0.05, 0) is 62.1 Å². The number of halogens is 1. The van der Waals surface area contributed by atoms with Crippen LogP contribution in [0.3, 0.4) is 0 Å². The second-order valence-electron chi connectivity index (χ2n) is 7.91. The number of nitrogens with one attached hydrogen (secondary N) is 2. The van der Waals surface area contributed by atoms with Crippen LogP contribution < -0.4 is 15.4 Å². The van der Waals surface area contributed by atoms with Crippen molar-refractivity contribution in [3.63, 3.8) is 0 Å². The number of anilines is 1. The molecule has 1 atom stereocenters. The molecule has 0 aromatic heterocycles. The predicted molar refractivity (Wildman–Crippen MR) is 122 cm³/mol. The van der Waals surface area contributed by atoms with E-state index in [2.05, 4.69) is 10.6 Å². The molecule has 178 valence electrons. The summed E-state index contributed by atoms with van der Waals surface area (Å²) in [7, 11) is -2.30. The lowest BCUT2D eigenvalue weighted by molar-refractivity contribution is -0.136. The standard InChI is InChI=1S/C23H28FN3O5S/c1-16-14-20(9-10-21(16)24)33(30,31)27-13-4-3-7-18(27)11-12-25-22(28)23(29)26-17-6-5-8-19(15-17)32-2/h5-6,8-10,14-15,18H,3-4,7,11-13H2,1-2H3,(H,25,28)(H,26,29)/t18-/m0/s1. The molecule has 1 fully saturated rings. The quantitative estimate of drug-likeness (QED) is 0.597. The highest BCUT2D eigenvalue weighted by molar-refractivity contribution is 7.89. The van der Waals surface area contributed by atoms with Gasteiger partial charge < -0.3 is 15.4 Å². The highest BCUT2D eigenvalue weighted by Crippen LogP contribution is 2.27. The Hall–Kier alpha value is -2.98. The highest BCUT2D eigenvalue weighted by atomic mass is 32.2. The van der Waals surface area contributed by atoms with E-state index in [4.69, 9.17) is 4.74 Å². The zero-order chi connectivity index (χ0) is 24.0. The molecule has 2 aromatic carbocycles. The number of methoxy groups -OCH3 is 1. The Kier molecular flexibility index (Phi) is 8.04. The molecule has 1 aliphatic rings. The smallest absolute Gasteiger partial charge is 0.313 e. The van der Waals surface area contributed by atoms with Gasteiger partial charge in [0.05, 0.1) is 12.0 Å². The molecule has 3 rings (SSSR count). The van der Waals surface area contributed by atoms with Gasteiger partial charge in [0.2, 0.25) is 10.0 Å². The van der Waals surface area contributed by atoms with Crippen molar-refractivity contribution in [2.45, 2.75) is 43.5 Å². The zero-order valence-electron chi connectivity index (χ0n) is 18.6. The van der Waals surface area contributed by atoms with Gasteiger partial charge in [0.15, 0.2) is 0 Å². The lowest BCUT2D eigenvalue weighted by Crippen LogP contribution is -2.45. The molecule has 0 aliphatic carbocycles. The second-order valence-corrected chi connectivity index (χ2v) is 9.80. The Balaban J connectivity index is 1.59. The Morgan fingerprint density at radius 1 is 1.15 bits per heavy atom. The Morgan fingerprint density at radius 2 is 1.94 bits per heavy atom. The molecule has 1 saturated heterocycles. The number of amides is 2. The highest BCUT2D eigenvalue weighted by Gasteiger charge is 2.33. The maximum Gasteiger partial charge on any atom is 0.313 e. The van der Waals surface area contributed by atoms with E-state index in [0.29, 0.717) is 30.8 Å². The third-order valence-electron chi connectivity index (χ3n) is 5.61. The second kappa shape index (κ2) is 10.8. The molecule has 0 bridgehead atoms. The number of benzene rings is 2. The molecule has 0 radical (unpaired) electrons. The van der Waals surface area contributed by atoms with Gasteiger partial charge in [-0.2, -0.15) is 4.31 Å². The molecule has 1 aliphatic heterocycles. The van der Waals surface area contributed by atoms with Crippen molar-refractivity contribution in [2.75, 3.05) is 25.5 Å². The van der Waals surface area contributed by atoms with Crippen molar-refractivity contribution < 1.29 is 27.1 Å². The molecule has 1 heterocycles. The van der Waals surface area contributed by atoms with E-state index in [1.165, 1.54) is 30.5 Å². The Labute approximate surface area is 193 Å². The van der Waals surface area contributed by atoms with Gasteiger partial charge in [-0.1, -0.05) is 12.5 Å². The third-order valence-corrected chi connectivity index (χ3v) is 7.55. The first-order valence-electron chi connectivity index (χ1n) is 10.7. The summed E-state index contributed by atoms with van der Waals surface area (Å²) in [6.07, 6.45) is 2.59. The topological polar surface area (TPSA) is 105 Å². The fraction of sp³-hybridized carbons (Fsp3) is 0.391. The lowest BCUT2D eigenvalue weighted by atomic mass is 10.0. The van der Waals surface area contributed by atoms with Gasteiger partial charge in [0, 0.05) is 30.9 Å². The van der Waals surface area contributed by atoms with Gasteiger partial charge in [-0.3, -0.25) is 9.59 Å². The van der Waals surface area contributed by atoms with Crippen molar-refractivity contribution in [2.24, 2.45) is 0 Å². The van der Waals surface area contributed by atoms with Crippen molar-refractivity contribution in [1.29, 1.82) is 0 Å². The summed E-state index contributed by atoms with van der Waals surface area (Å²) < 4.78 is 46.4. The summed E-state index contributed by atoms with van der Waals surface area (Å²) in [4.78, 5) is 24.4. The summed E-state index contributed by atoms with van der Waals surface area (Å²) in [5.41, 5.74) is 0.688. The monoisotopic (exact) mass is 477 g/mol. The van der Waals surface area contributed by atoms with Crippen LogP contribution in [0.5, 0.6) is 5.75 Å². The zero-order valence-corrected chi connectivity index (χ0v) is 19.5. The number of piperidine rings is 1. The minimum Gasteiger partial charge on any atom is -0.497 e. The first kappa shape index (κ1) is 24.7. The molecule has 2 aromatic rings. The summed E-state index contributed by atoms with van der Waals surface area (Å²) in [6.45, 7) is 2.02. The van der Waals surface area contributed by atoms with Gasteiger partial charge >= 0.3 is 11.8 Å². The first-order valence-corrected chi connectivity index (χ1v) is 12.2. The maximum absolute atomic E-state index is 13.6. The lowest BCUT2D eigenvalue weighted by Gasteiger charge is -2.34. The fourth-order valence-corrected chi connectivity index (χ4v) is 5.62. The molecule has 33 heavy (non-hydrogen) atoms. The van der Waals surface area contributed by atoms with Gasteiger partial charge in [0.1, 0.15) is 11.6 Å². The van der Waals surface area contributed by atoms with Crippen molar-refractivity contribution in [3.8, 4) is 5.75 Å². The maximum atomic E-state index is 13.6. The molecule has 8 nitrogen and oxygen atoms in total. The number of carbonyl (C=O) groups excluding carboxylic acids is 2. The van der Waals surface area contributed by atoms with Gasteiger partial charge in [-0.15, -0.1) is 0 Å². The summed E-state index contributed by atoms with van der Waals surface area (Å²) >= 11 is 0. The van der Waals surface area contributed by atoms with E-state index in [1.54, 1.807) is 24.3 Å². The van der Waals surface area contributed by atoms with Crippen LogP contribution in [0, 0.1) is 12.7 Å². The first-order chi connectivity index (χ1) is 15.7. The number of nitrogens with zero attached hydrogens (tertiary/aromatic N) is 1. The van der Waals surface area contributed by atoms with Crippen LogP contribution in [0.15, 0.2) is 47.4 Å². The van der Waals surface area contributed by atoms with Crippen LogP contribution in [0.2, 0.25) is 0 Å². The Morgan fingerprint density at radius 3 is 2.67 bits per heavy atom. The minimum absolute atomic E-state index is 0.0509. The number of carbonyl (C=O) groups is 2. The molecular formula is C23H28FN3O5S. The van der Waals surface area contributed by atoms with E-state index >= 15 is 0 Å². The number of sulfonamides is 1. The fourth-order valence-electron chi connectivity index (χ4n) is 3.81. The van der Waals surface area contributed by atoms with E-state index < -0.39 is 27.7 Å². The van der Waals surface area contributed by atoms with Crippen LogP contribution in [0.4, 0.5) is 10.1 Å². The van der Waals surface area contributed by atoms with Gasteiger partial charge in [0.25, 0.3) is 0 Å². The van der Waals surface area contributed by atoms with Crippen LogP contribution in [0.1, 0.15) is 31.2 Å². The van der Waals surface area contributed by atoms with Gasteiger partial charge in [-0.25, -0.2) is 12.8 Å². The molecular weight excluding hydrogens is 449 g/mol. The molecule has 0 spiro atoms. The summed E-state index contributed by atoms with van der Waals surface area (Å²) in [5.74, 6) is -1.54. The average molecular weight is 478 g/mol. The molecule has 2 N–H and O–H groups in total. The normalized spacial score (nSPS) is 16.8. The molecule has 0 saturated carbocycles. The van der Waals surface area contributed by atoms with E-state index in [1.807, 2.05) is 0 Å². The number of ether oxygens (including phenoxy) is 1. The van der Waals surface area contributed by atoms with Crippen molar-refractivity contribution >= 4 is 27.5 Å². The van der Waals surface area contributed by atoms with E-state index in [0.717, 1.165) is 18.9 Å². The average Bonchev–Trinajstić information content (AvgIpc) is 2.81. The molecule has 2 amide bonds. The van der Waals surface area contributed by atoms with Crippen LogP contribution in [-0.2, 0) is 19.6 Å². The van der Waals surface area contributed by atoms with Crippen LogP contribution in [0.25, 0.3) is 0 Å². The SMILES string of the molecule is COc1cccc(NC(=O)C(=O)NCC[C@@H]2CCCCN2S(=O)(=O)c2ccc(F)c(C)c2)c1. The third kappa shape index (κ3) is 6.08. The van der Waals surface area contributed by atoms with Crippen LogP contribution >= 0.6 is 0 Å². The van der Waals surface area contributed by atoms with Crippen molar-refractivity contribution in [3.05, 3.63) is 53.8 Å². The number of hydrogen-bond acceptors (Lipinski definition) is 5. The summed E-state index contributed by atoms with van der Waals surface area (Å²) in [6, 6.07) is 10.1. The molecule has 0 unspecified atom stereocenters. The number of rotatable bonds is 7. The predicted octanol–water partition coefficient (Wildman–Crippen LogP) is 2.83. The summed E-state index contributed by atoms with van der Waals surface area (Å²) in [5, 5.41) is 5.05.